The van der Waals surface area contributed by atoms with Crippen molar-refractivity contribution in [3.8, 4) is 0 Å². The molecule has 0 nitrogen and oxygen atoms in total. The first-order valence-electron chi connectivity index (χ1n) is 10.2. The second-order valence-electron chi connectivity index (χ2n) is 7.76. The third-order valence-electron chi connectivity index (χ3n) is 5.43. The summed E-state index contributed by atoms with van der Waals surface area (Å²) in [6.45, 7) is 6.80. The molecule has 2 aromatic rings. The molecule has 0 saturated heterocycles. The van der Waals surface area contributed by atoms with E-state index in [0.717, 1.165) is 12.8 Å². The summed E-state index contributed by atoms with van der Waals surface area (Å²) in [6, 6.07) is 19.6. The number of benzene rings is 2. The van der Waals surface area contributed by atoms with Crippen molar-refractivity contribution in [1.82, 2.24) is 0 Å². The molecule has 1 atom stereocenters. The van der Waals surface area contributed by atoms with Crippen LogP contribution in [0.4, 0.5) is 0 Å². The molecule has 1 aliphatic carbocycles. The fraction of sp³-hybridized carbons (Fsp3) is 0.360. The maximum atomic E-state index is 2.54. The van der Waals surface area contributed by atoms with Gasteiger partial charge in [-0.2, -0.15) is 0 Å². The lowest BCUT2D eigenvalue weighted by molar-refractivity contribution is 0.767. The van der Waals surface area contributed by atoms with E-state index in [0.29, 0.717) is 0 Å². The van der Waals surface area contributed by atoms with Crippen LogP contribution in [0.2, 0.25) is 6.04 Å². The lowest BCUT2D eigenvalue weighted by Gasteiger charge is -2.22. The van der Waals surface area contributed by atoms with Gasteiger partial charge in [0.05, 0.1) is 0 Å². The molecule has 3 rings (SSSR count). The van der Waals surface area contributed by atoms with Crippen LogP contribution >= 0.6 is 0 Å². The molecule has 0 amide bonds. The fourth-order valence-corrected chi connectivity index (χ4v) is 7.96. The van der Waals surface area contributed by atoms with Crippen LogP contribution in [-0.2, 0) is 6.42 Å². The molecular formula is C25H32Si. The Balaban J connectivity index is 1.86. The van der Waals surface area contributed by atoms with Crippen molar-refractivity contribution in [2.75, 3.05) is 0 Å². The largest absolute Gasteiger partial charge is 0.103 e. The van der Waals surface area contributed by atoms with Gasteiger partial charge in [0.25, 0.3) is 0 Å². The summed E-state index contributed by atoms with van der Waals surface area (Å²) < 4.78 is 0. The van der Waals surface area contributed by atoms with Gasteiger partial charge in [0.2, 0.25) is 0 Å². The summed E-state index contributed by atoms with van der Waals surface area (Å²) in [5.41, 5.74) is 5.87. The maximum absolute atomic E-state index is 2.54. The van der Waals surface area contributed by atoms with Gasteiger partial charge in [-0.05, 0) is 37.8 Å². The topological polar surface area (TPSA) is 0 Å². The monoisotopic (exact) mass is 360 g/mol. The summed E-state index contributed by atoms with van der Waals surface area (Å²) in [4.78, 5) is 0. The Hall–Kier alpha value is -1.86. The minimum atomic E-state index is -1.14. The number of aryl methyl sites for hydroxylation is 2. The van der Waals surface area contributed by atoms with Gasteiger partial charge < -0.3 is 0 Å². The van der Waals surface area contributed by atoms with E-state index in [4.69, 9.17) is 0 Å². The summed E-state index contributed by atoms with van der Waals surface area (Å²) in [6.07, 6.45) is 11.3. The minimum absolute atomic E-state index is 1.09. The van der Waals surface area contributed by atoms with E-state index in [2.05, 4.69) is 81.5 Å². The lowest BCUT2D eigenvalue weighted by atomic mass is 10.1. The summed E-state index contributed by atoms with van der Waals surface area (Å²) in [7, 11) is -1.14. The highest BCUT2D eigenvalue weighted by Crippen LogP contribution is 2.28. The third-order valence-corrected chi connectivity index (χ3v) is 8.91. The van der Waals surface area contributed by atoms with Crippen molar-refractivity contribution in [1.29, 1.82) is 0 Å². The standard InChI is InChI=1S/C25H32Si/c1-4-5-9-15-26(24-17-20(2)16-21(3)18-24)25-14-10-13-23(25)19-22-11-7-6-8-12-22/h6-8,11-14,16-18,26H,4-5,9-10,15,19H2,1-3H3. The average molecular weight is 361 g/mol. The molecule has 0 heterocycles. The molecule has 0 saturated carbocycles. The van der Waals surface area contributed by atoms with Gasteiger partial charge in [0, 0.05) is 0 Å². The van der Waals surface area contributed by atoms with E-state index in [1.54, 1.807) is 16.0 Å². The molecule has 1 unspecified atom stereocenters. The van der Waals surface area contributed by atoms with Crippen molar-refractivity contribution >= 4 is 14.0 Å². The zero-order valence-electron chi connectivity index (χ0n) is 16.6. The first-order valence-corrected chi connectivity index (χ1v) is 12.2. The predicted molar refractivity (Wildman–Crippen MR) is 118 cm³/mol. The summed E-state index contributed by atoms with van der Waals surface area (Å²) in [5.74, 6) is 0. The molecule has 2 aromatic carbocycles. The second-order valence-corrected chi connectivity index (χ2v) is 10.7. The van der Waals surface area contributed by atoms with Crippen LogP contribution in [0.25, 0.3) is 0 Å². The molecule has 0 spiro atoms. The molecule has 0 radical (unpaired) electrons. The third kappa shape index (κ3) is 4.85. The molecule has 1 heteroatoms. The SMILES string of the molecule is CCCCC[SiH](C1=CCC=C1Cc1ccccc1)c1cc(C)cc(C)c1. The van der Waals surface area contributed by atoms with Gasteiger partial charge in [0.15, 0.2) is 0 Å². The number of hydrogen-bond acceptors (Lipinski definition) is 0. The number of rotatable bonds is 8. The normalized spacial score (nSPS) is 14.9. The van der Waals surface area contributed by atoms with Crippen molar-refractivity contribution < 1.29 is 0 Å². The highest BCUT2D eigenvalue weighted by molar-refractivity contribution is 6.80. The van der Waals surface area contributed by atoms with Gasteiger partial charge in [0.1, 0.15) is 8.80 Å². The van der Waals surface area contributed by atoms with E-state index in [-0.39, 0.29) is 0 Å². The Morgan fingerprint density at radius 3 is 2.31 bits per heavy atom. The van der Waals surface area contributed by atoms with Gasteiger partial charge in [-0.3, -0.25) is 0 Å². The van der Waals surface area contributed by atoms with Gasteiger partial charge >= 0.3 is 0 Å². The lowest BCUT2D eigenvalue weighted by Crippen LogP contribution is -2.33. The van der Waals surface area contributed by atoms with E-state index in [9.17, 15) is 0 Å². The molecule has 0 aliphatic heterocycles. The Morgan fingerprint density at radius 2 is 1.62 bits per heavy atom. The molecule has 0 aromatic heterocycles. The Bertz CT molecular complexity index is 763. The van der Waals surface area contributed by atoms with E-state index >= 15 is 0 Å². The maximum Gasteiger partial charge on any atom is 0.103 e. The van der Waals surface area contributed by atoms with Crippen LogP contribution in [0.15, 0.2) is 71.5 Å². The number of allylic oxidation sites excluding steroid dienone is 4. The van der Waals surface area contributed by atoms with Crippen LogP contribution in [-0.4, -0.2) is 8.80 Å². The van der Waals surface area contributed by atoms with Crippen molar-refractivity contribution in [3.05, 3.63) is 88.1 Å². The van der Waals surface area contributed by atoms with Crippen molar-refractivity contribution in [2.45, 2.75) is 58.9 Å². The van der Waals surface area contributed by atoms with Crippen LogP contribution in [0, 0.1) is 13.8 Å². The number of hydrogen-bond donors (Lipinski definition) is 0. The van der Waals surface area contributed by atoms with E-state index < -0.39 is 8.80 Å². The Kier molecular flexibility index (Phi) is 6.68. The first kappa shape index (κ1) is 18.9. The highest BCUT2D eigenvalue weighted by atomic mass is 28.3. The van der Waals surface area contributed by atoms with Crippen LogP contribution in [0.5, 0.6) is 0 Å². The van der Waals surface area contributed by atoms with Gasteiger partial charge in [-0.1, -0.05) is 114 Å². The van der Waals surface area contributed by atoms with E-state index in [1.165, 1.54) is 42.0 Å². The van der Waals surface area contributed by atoms with Crippen molar-refractivity contribution in [2.24, 2.45) is 0 Å². The average Bonchev–Trinajstić information content (AvgIpc) is 3.06. The fourth-order valence-electron chi connectivity index (χ4n) is 4.24. The molecule has 136 valence electrons. The summed E-state index contributed by atoms with van der Waals surface area (Å²) in [5, 5.41) is 3.36. The molecule has 1 aliphatic rings. The smallest absolute Gasteiger partial charge is 0.0811 e. The van der Waals surface area contributed by atoms with Gasteiger partial charge in [-0.15, -0.1) is 0 Å². The molecule has 0 N–H and O–H groups in total. The van der Waals surface area contributed by atoms with Crippen LogP contribution in [0.3, 0.4) is 0 Å². The Morgan fingerprint density at radius 1 is 0.885 bits per heavy atom. The van der Waals surface area contributed by atoms with Crippen LogP contribution in [0.1, 0.15) is 49.3 Å². The van der Waals surface area contributed by atoms with Gasteiger partial charge in [-0.25, -0.2) is 0 Å². The predicted octanol–water partition coefficient (Wildman–Crippen LogP) is 5.97. The second kappa shape index (κ2) is 9.18. The zero-order chi connectivity index (χ0) is 18.4. The first-order chi connectivity index (χ1) is 12.7. The molecule has 0 fully saturated rings. The molecular weight excluding hydrogens is 328 g/mol. The summed E-state index contributed by atoms with van der Waals surface area (Å²) >= 11 is 0. The number of unbranched alkanes of at least 4 members (excludes halogenated alkanes) is 2. The quantitative estimate of drug-likeness (QED) is 0.402. The molecule has 0 bridgehead atoms. The van der Waals surface area contributed by atoms with Crippen molar-refractivity contribution in [3.63, 3.8) is 0 Å². The minimum Gasteiger partial charge on any atom is -0.0811 e. The van der Waals surface area contributed by atoms with Crippen LogP contribution < -0.4 is 5.19 Å². The molecule has 26 heavy (non-hydrogen) atoms. The van der Waals surface area contributed by atoms with E-state index in [1.807, 2.05) is 0 Å². The Labute approximate surface area is 161 Å². The highest BCUT2D eigenvalue weighted by Gasteiger charge is 2.24. The zero-order valence-corrected chi connectivity index (χ0v) is 17.7.